The van der Waals surface area contributed by atoms with E-state index in [0.29, 0.717) is 35.5 Å². The minimum atomic E-state index is -0.107. The Morgan fingerprint density at radius 3 is 2.72 bits per heavy atom. The second kappa shape index (κ2) is 8.73. The van der Waals surface area contributed by atoms with Crippen LogP contribution in [0.2, 0.25) is 0 Å². The first-order chi connectivity index (χ1) is 14.2. The van der Waals surface area contributed by atoms with Crippen LogP contribution in [0.15, 0.2) is 36.4 Å². The van der Waals surface area contributed by atoms with E-state index in [9.17, 15) is 4.79 Å². The number of methoxy groups -OCH3 is 2. The summed E-state index contributed by atoms with van der Waals surface area (Å²) < 4.78 is 21.4. The lowest BCUT2D eigenvalue weighted by molar-refractivity contribution is 0.174. The van der Waals surface area contributed by atoms with Gasteiger partial charge in [0.25, 0.3) is 0 Å². The first-order valence-corrected chi connectivity index (χ1v) is 10.5. The molecule has 2 aliphatic heterocycles. The molecule has 0 aromatic heterocycles. The van der Waals surface area contributed by atoms with Crippen LogP contribution in [0.4, 0.5) is 10.5 Å². The van der Waals surface area contributed by atoms with Crippen LogP contribution in [-0.2, 0) is 0 Å². The van der Waals surface area contributed by atoms with Gasteiger partial charge in [0, 0.05) is 35.8 Å². The quantitative estimate of drug-likeness (QED) is 0.808. The molecule has 4 rings (SSSR count). The van der Waals surface area contributed by atoms with Gasteiger partial charge in [-0.1, -0.05) is 6.07 Å². The van der Waals surface area contributed by atoms with E-state index in [0.717, 1.165) is 23.7 Å². The molecule has 2 aliphatic rings. The lowest BCUT2D eigenvalue weighted by Crippen LogP contribution is -2.36. The van der Waals surface area contributed by atoms with E-state index in [2.05, 4.69) is 17.4 Å². The van der Waals surface area contributed by atoms with Crippen LogP contribution in [0, 0.1) is 0 Å². The predicted octanol–water partition coefficient (Wildman–Crippen LogP) is 4.14. The Hall–Kier alpha value is -2.74. The number of ether oxygens (including phenoxy) is 4. The summed E-state index contributed by atoms with van der Waals surface area (Å²) in [6.07, 6.45) is 0.879. The molecule has 0 aliphatic carbocycles. The van der Waals surface area contributed by atoms with E-state index in [1.165, 1.54) is 5.56 Å². The fourth-order valence-electron chi connectivity index (χ4n) is 3.47. The van der Waals surface area contributed by atoms with Crippen LogP contribution < -0.4 is 24.3 Å². The molecule has 1 N–H and O–H groups in total. The van der Waals surface area contributed by atoms with Gasteiger partial charge in [-0.15, -0.1) is 0 Å². The summed E-state index contributed by atoms with van der Waals surface area (Å²) in [5.41, 5.74) is 1.89. The first-order valence-electron chi connectivity index (χ1n) is 9.47. The van der Waals surface area contributed by atoms with Crippen molar-refractivity contribution in [3.63, 3.8) is 0 Å². The van der Waals surface area contributed by atoms with Gasteiger partial charge >= 0.3 is 6.03 Å². The average molecular weight is 416 g/mol. The van der Waals surface area contributed by atoms with Crippen molar-refractivity contribution in [1.29, 1.82) is 0 Å². The van der Waals surface area contributed by atoms with Crippen LogP contribution in [0.3, 0.4) is 0 Å². The van der Waals surface area contributed by atoms with Crippen molar-refractivity contribution >= 4 is 23.5 Å². The van der Waals surface area contributed by atoms with Crippen molar-refractivity contribution in [2.45, 2.75) is 11.7 Å². The SMILES string of the molecule is COc1ccc(NC(=O)N2CCSC(c3ccc4c(c3)OCO4)CC2)cc1OC. The normalized spacial score (nSPS) is 18.1. The number of nitrogens with zero attached hydrogens (tertiary/aromatic N) is 1. The van der Waals surface area contributed by atoms with Crippen LogP contribution in [-0.4, -0.2) is 50.8 Å². The number of nitrogens with one attached hydrogen (secondary N) is 1. The summed E-state index contributed by atoms with van der Waals surface area (Å²) in [6.45, 7) is 1.66. The number of carbonyl (C=O) groups excluding carboxylic acids is 1. The number of rotatable bonds is 4. The van der Waals surface area contributed by atoms with Gasteiger partial charge in [-0.3, -0.25) is 0 Å². The predicted molar refractivity (Wildman–Crippen MR) is 113 cm³/mol. The topological polar surface area (TPSA) is 69.3 Å². The second-order valence-electron chi connectivity index (χ2n) is 6.75. The summed E-state index contributed by atoms with van der Waals surface area (Å²) in [7, 11) is 3.16. The average Bonchev–Trinajstić information content (AvgIpc) is 3.08. The summed E-state index contributed by atoms with van der Waals surface area (Å²) in [5, 5.41) is 3.28. The highest BCUT2D eigenvalue weighted by molar-refractivity contribution is 7.99. The van der Waals surface area contributed by atoms with Crippen LogP contribution in [0.25, 0.3) is 0 Å². The van der Waals surface area contributed by atoms with Gasteiger partial charge in [-0.05, 0) is 36.2 Å². The van der Waals surface area contributed by atoms with Crippen molar-refractivity contribution < 1.29 is 23.7 Å². The van der Waals surface area contributed by atoms with Gasteiger partial charge in [-0.25, -0.2) is 4.79 Å². The number of hydrogen-bond acceptors (Lipinski definition) is 6. The Morgan fingerprint density at radius 1 is 1.07 bits per heavy atom. The standard InChI is InChI=1S/C21H24N2O5S/c1-25-16-6-4-15(12-18(16)26-2)22-21(24)23-8-7-20(29-10-9-23)14-3-5-17-19(11-14)28-13-27-17/h3-6,11-12,20H,7-10,13H2,1-2H3,(H,22,24). The molecule has 2 heterocycles. The first kappa shape index (κ1) is 19.6. The second-order valence-corrected chi connectivity index (χ2v) is 8.06. The molecule has 0 spiro atoms. The maximum absolute atomic E-state index is 12.8. The number of hydrogen-bond donors (Lipinski definition) is 1. The molecule has 7 nitrogen and oxygen atoms in total. The summed E-state index contributed by atoms with van der Waals surface area (Å²) in [5.74, 6) is 3.68. The maximum atomic E-state index is 12.8. The molecule has 29 heavy (non-hydrogen) atoms. The molecule has 1 unspecified atom stereocenters. The van der Waals surface area contributed by atoms with Gasteiger partial charge in [0.05, 0.1) is 14.2 Å². The monoisotopic (exact) mass is 416 g/mol. The Labute approximate surface area is 174 Å². The number of benzene rings is 2. The molecule has 154 valence electrons. The lowest BCUT2D eigenvalue weighted by atomic mass is 10.1. The van der Waals surface area contributed by atoms with Crippen LogP contribution >= 0.6 is 11.8 Å². The zero-order valence-corrected chi connectivity index (χ0v) is 17.3. The zero-order chi connectivity index (χ0) is 20.2. The lowest BCUT2D eigenvalue weighted by Gasteiger charge is -2.21. The van der Waals surface area contributed by atoms with Crippen LogP contribution in [0.1, 0.15) is 17.2 Å². The molecule has 2 aromatic carbocycles. The highest BCUT2D eigenvalue weighted by Gasteiger charge is 2.24. The number of thioether (sulfide) groups is 1. The Bertz CT molecular complexity index is 891. The number of carbonyl (C=O) groups is 1. The van der Waals surface area contributed by atoms with Crippen molar-refractivity contribution in [3.05, 3.63) is 42.0 Å². The summed E-state index contributed by atoms with van der Waals surface area (Å²) in [4.78, 5) is 14.6. The zero-order valence-electron chi connectivity index (χ0n) is 16.5. The van der Waals surface area contributed by atoms with E-state index >= 15 is 0 Å². The van der Waals surface area contributed by atoms with E-state index in [4.69, 9.17) is 18.9 Å². The number of anilines is 1. The third-order valence-electron chi connectivity index (χ3n) is 5.03. The number of fused-ring (bicyclic) bond motifs is 1. The molecule has 0 bridgehead atoms. The fourth-order valence-corrected chi connectivity index (χ4v) is 4.69. The van der Waals surface area contributed by atoms with Gasteiger partial charge in [0.2, 0.25) is 6.79 Å². The third-order valence-corrected chi connectivity index (χ3v) is 6.36. The smallest absolute Gasteiger partial charge is 0.321 e. The van der Waals surface area contributed by atoms with Crippen LogP contribution in [0.5, 0.6) is 23.0 Å². The van der Waals surface area contributed by atoms with Crippen molar-refractivity contribution in [3.8, 4) is 23.0 Å². The van der Waals surface area contributed by atoms with Crippen molar-refractivity contribution in [1.82, 2.24) is 4.90 Å². The maximum Gasteiger partial charge on any atom is 0.321 e. The summed E-state index contributed by atoms with van der Waals surface area (Å²) >= 11 is 1.87. The molecular formula is C21H24N2O5S. The highest BCUT2D eigenvalue weighted by atomic mass is 32.2. The van der Waals surface area contributed by atoms with Crippen molar-refractivity contribution in [2.75, 3.05) is 45.2 Å². The fraction of sp³-hybridized carbons (Fsp3) is 0.381. The highest BCUT2D eigenvalue weighted by Crippen LogP contribution is 2.40. The number of urea groups is 1. The molecule has 2 amide bonds. The molecule has 8 heteroatoms. The van der Waals surface area contributed by atoms with Gasteiger partial charge in [0.1, 0.15) is 0 Å². The largest absolute Gasteiger partial charge is 0.493 e. The molecule has 1 fully saturated rings. The van der Waals surface area contributed by atoms with E-state index in [1.807, 2.05) is 22.7 Å². The summed E-state index contributed by atoms with van der Waals surface area (Å²) in [6, 6.07) is 11.3. The van der Waals surface area contributed by atoms with Gasteiger partial charge < -0.3 is 29.2 Å². The van der Waals surface area contributed by atoms with E-state index in [-0.39, 0.29) is 12.8 Å². The van der Waals surface area contributed by atoms with E-state index < -0.39 is 0 Å². The van der Waals surface area contributed by atoms with Gasteiger partial charge in [0.15, 0.2) is 23.0 Å². The Kier molecular flexibility index (Phi) is 5.89. The van der Waals surface area contributed by atoms with Gasteiger partial charge in [-0.2, -0.15) is 11.8 Å². The Balaban J connectivity index is 1.38. The molecular weight excluding hydrogens is 392 g/mol. The minimum Gasteiger partial charge on any atom is -0.493 e. The van der Waals surface area contributed by atoms with E-state index in [1.54, 1.807) is 32.4 Å². The van der Waals surface area contributed by atoms with Crippen molar-refractivity contribution in [2.24, 2.45) is 0 Å². The molecule has 2 aromatic rings. The minimum absolute atomic E-state index is 0.107. The molecule has 1 atom stereocenters. The Morgan fingerprint density at radius 2 is 1.90 bits per heavy atom. The molecule has 1 saturated heterocycles. The molecule has 0 saturated carbocycles. The third kappa shape index (κ3) is 4.32. The molecule has 0 radical (unpaired) electrons. The number of amides is 2.